The van der Waals surface area contributed by atoms with Gasteiger partial charge in [0.1, 0.15) is 5.75 Å². The fourth-order valence-electron chi connectivity index (χ4n) is 1.98. The molecule has 2 N–H and O–H groups in total. The van der Waals surface area contributed by atoms with Crippen LogP contribution in [0.4, 0.5) is 5.69 Å². The second kappa shape index (κ2) is 6.15. The van der Waals surface area contributed by atoms with Crippen LogP contribution >= 0.6 is 0 Å². The number of aliphatic hydroxyl groups is 1. The lowest BCUT2D eigenvalue weighted by molar-refractivity contribution is 0.282. The first-order valence-corrected chi connectivity index (χ1v) is 7.82. The Hall–Kier alpha value is -2.05. The molecule has 112 valence electrons. The van der Waals surface area contributed by atoms with E-state index >= 15 is 0 Å². The highest BCUT2D eigenvalue weighted by Gasteiger charge is 2.16. The summed E-state index contributed by atoms with van der Waals surface area (Å²) in [5, 5.41) is 9.25. The van der Waals surface area contributed by atoms with Crippen molar-refractivity contribution in [3.8, 4) is 5.75 Å². The number of hydrogen-bond acceptors (Lipinski definition) is 4. The van der Waals surface area contributed by atoms with Crippen LogP contribution in [0.5, 0.6) is 5.75 Å². The van der Waals surface area contributed by atoms with Gasteiger partial charge in [-0.15, -0.1) is 0 Å². The topological polar surface area (TPSA) is 75.6 Å². The summed E-state index contributed by atoms with van der Waals surface area (Å²) in [6.45, 7) is 1.54. The molecule has 0 aliphatic heterocycles. The van der Waals surface area contributed by atoms with Gasteiger partial charge >= 0.3 is 0 Å². The van der Waals surface area contributed by atoms with Crippen LogP contribution in [-0.4, -0.2) is 20.6 Å². The van der Waals surface area contributed by atoms with Crippen molar-refractivity contribution in [3.63, 3.8) is 0 Å². The second-order valence-electron chi connectivity index (χ2n) is 4.55. The van der Waals surface area contributed by atoms with Gasteiger partial charge in [-0.05, 0) is 36.8 Å². The molecule has 0 aliphatic rings. The highest BCUT2D eigenvalue weighted by atomic mass is 32.2. The van der Waals surface area contributed by atoms with Crippen molar-refractivity contribution >= 4 is 15.7 Å². The third-order valence-corrected chi connectivity index (χ3v) is 4.47. The molecule has 0 unspecified atom stereocenters. The van der Waals surface area contributed by atoms with Crippen LogP contribution in [0, 0.1) is 6.92 Å². The lowest BCUT2D eigenvalue weighted by Crippen LogP contribution is -2.14. The van der Waals surface area contributed by atoms with Crippen molar-refractivity contribution < 1.29 is 18.3 Å². The number of hydrogen-bond donors (Lipinski definition) is 2. The Bertz CT molecular complexity index is 741. The number of aryl methyl sites for hydroxylation is 1. The highest BCUT2D eigenvalue weighted by Crippen LogP contribution is 2.24. The van der Waals surface area contributed by atoms with Gasteiger partial charge in [0.05, 0.1) is 24.3 Å². The van der Waals surface area contributed by atoms with Gasteiger partial charge in [-0.2, -0.15) is 0 Å². The third kappa shape index (κ3) is 3.34. The zero-order valence-electron chi connectivity index (χ0n) is 11.8. The van der Waals surface area contributed by atoms with Crippen molar-refractivity contribution in [3.05, 3.63) is 53.6 Å². The Kier molecular flexibility index (Phi) is 4.50. The normalized spacial score (nSPS) is 11.2. The number of benzene rings is 2. The van der Waals surface area contributed by atoms with Gasteiger partial charge in [0, 0.05) is 5.56 Å². The average molecular weight is 307 g/mol. The number of para-hydroxylation sites is 1. The maximum Gasteiger partial charge on any atom is 0.261 e. The Morgan fingerprint density at radius 3 is 2.52 bits per heavy atom. The zero-order chi connectivity index (χ0) is 15.5. The molecule has 0 atom stereocenters. The van der Waals surface area contributed by atoms with Crippen molar-refractivity contribution in [2.75, 3.05) is 11.8 Å². The molecule has 0 aliphatic carbocycles. The van der Waals surface area contributed by atoms with Crippen LogP contribution in [0.3, 0.4) is 0 Å². The number of aliphatic hydroxyl groups excluding tert-OH is 1. The predicted octanol–water partition coefficient (Wildman–Crippen LogP) is 2.30. The van der Waals surface area contributed by atoms with Gasteiger partial charge in [-0.25, -0.2) is 8.42 Å². The maximum absolute atomic E-state index is 12.4. The summed E-state index contributed by atoms with van der Waals surface area (Å²) >= 11 is 0. The Morgan fingerprint density at radius 1 is 1.19 bits per heavy atom. The van der Waals surface area contributed by atoms with Gasteiger partial charge in [-0.1, -0.05) is 18.2 Å². The van der Waals surface area contributed by atoms with Gasteiger partial charge < -0.3 is 9.84 Å². The monoisotopic (exact) mass is 307 g/mol. The molecule has 0 radical (unpaired) electrons. The minimum atomic E-state index is -3.71. The first-order valence-electron chi connectivity index (χ1n) is 6.34. The van der Waals surface area contributed by atoms with Gasteiger partial charge in [0.15, 0.2) is 0 Å². The lowest BCUT2D eigenvalue weighted by Gasteiger charge is -2.12. The molecule has 0 spiro atoms. The van der Waals surface area contributed by atoms with Crippen molar-refractivity contribution in [2.24, 2.45) is 0 Å². The van der Waals surface area contributed by atoms with E-state index in [0.717, 1.165) is 5.56 Å². The Labute approximate surface area is 124 Å². The van der Waals surface area contributed by atoms with Gasteiger partial charge in [-0.3, -0.25) is 4.72 Å². The summed E-state index contributed by atoms with van der Waals surface area (Å²) < 4.78 is 32.4. The minimum Gasteiger partial charge on any atom is -0.496 e. The number of sulfonamides is 1. The summed E-state index contributed by atoms with van der Waals surface area (Å²) in [4.78, 5) is 0.147. The molecule has 0 heterocycles. The number of methoxy groups -OCH3 is 1. The molecule has 2 aromatic rings. The third-order valence-electron chi connectivity index (χ3n) is 3.11. The molecular formula is C15H17NO4S. The van der Waals surface area contributed by atoms with E-state index in [4.69, 9.17) is 4.74 Å². The fourth-order valence-corrected chi connectivity index (χ4v) is 3.17. The van der Waals surface area contributed by atoms with Crippen LogP contribution in [-0.2, 0) is 16.6 Å². The second-order valence-corrected chi connectivity index (χ2v) is 6.23. The summed E-state index contributed by atoms with van der Waals surface area (Å²) in [6, 6.07) is 11.4. The van der Waals surface area contributed by atoms with Gasteiger partial charge in [0.25, 0.3) is 10.0 Å². The summed E-state index contributed by atoms with van der Waals surface area (Å²) in [7, 11) is -2.18. The molecule has 0 fully saturated rings. The van der Waals surface area contributed by atoms with Crippen molar-refractivity contribution in [2.45, 2.75) is 18.4 Å². The maximum atomic E-state index is 12.4. The smallest absolute Gasteiger partial charge is 0.261 e. The van der Waals surface area contributed by atoms with E-state index in [1.54, 1.807) is 43.3 Å². The van der Waals surface area contributed by atoms with Crippen molar-refractivity contribution in [1.29, 1.82) is 0 Å². The summed E-state index contributed by atoms with van der Waals surface area (Å²) in [6.07, 6.45) is 0. The predicted molar refractivity (Wildman–Crippen MR) is 80.9 cm³/mol. The minimum absolute atomic E-state index is 0.147. The Morgan fingerprint density at radius 2 is 1.90 bits per heavy atom. The van der Waals surface area contributed by atoms with E-state index in [1.807, 2.05) is 0 Å². The lowest BCUT2D eigenvalue weighted by atomic mass is 10.2. The number of rotatable bonds is 5. The molecule has 2 aromatic carbocycles. The molecule has 0 aromatic heterocycles. The van der Waals surface area contributed by atoms with Crippen molar-refractivity contribution in [1.82, 2.24) is 0 Å². The van der Waals surface area contributed by atoms with Gasteiger partial charge in [0.2, 0.25) is 0 Å². The molecule has 2 rings (SSSR count). The number of nitrogens with one attached hydrogen (secondary N) is 1. The van der Waals surface area contributed by atoms with E-state index < -0.39 is 10.0 Å². The van der Waals surface area contributed by atoms with Crippen LogP contribution < -0.4 is 9.46 Å². The van der Waals surface area contributed by atoms with E-state index in [1.165, 1.54) is 13.2 Å². The summed E-state index contributed by atoms with van der Waals surface area (Å²) in [5.74, 6) is 0.629. The van der Waals surface area contributed by atoms with E-state index in [0.29, 0.717) is 17.0 Å². The molecular weight excluding hydrogens is 290 g/mol. The molecule has 5 nitrogen and oxygen atoms in total. The molecule has 0 amide bonds. The van der Waals surface area contributed by atoms with Crippen LogP contribution in [0.1, 0.15) is 11.1 Å². The number of anilines is 1. The molecule has 0 saturated heterocycles. The Balaban J connectivity index is 2.36. The summed E-state index contributed by atoms with van der Waals surface area (Å²) in [5.41, 5.74) is 1.62. The largest absolute Gasteiger partial charge is 0.496 e. The first kappa shape index (κ1) is 15.3. The average Bonchev–Trinajstić information content (AvgIpc) is 2.47. The molecule has 0 saturated carbocycles. The molecule has 0 bridgehead atoms. The van der Waals surface area contributed by atoms with E-state index in [-0.39, 0.29) is 11.5 Å². The SMILES string of the molecule is COc1ccc(S(=O)(=O)Nc2ccccc2CO)cc1C. The highest BCUT2D eigenvalue weighted by molar-refractivity contribution is 7.92. The van der Waals surface area contributed by atoms with E-state index in [9.17, 15) is 13.5 Å². The van der Waals surface area contributed by atoms with E-state index in [2.05, 4.69) is 4.72 Å². The molecule has 6 heteroatoms. The molecule has 21 heavy (non-hydrogen) atoms. The first-order chi connectivity index (χ1) is 9.97. The van der Waals surface area contributed by atoms with Crippen LogP contribution in [0.2, 0.25) is 0 Å². The fraction of sp³-hybridized carbons (Fsp3) is 0.200. The standard InChI is InChI=1S/C15H17NO4S/c1-11-9-13(7-8-15(11)20-2)21(18,19)16-14-6-4-3-5-12(14)10-17/h3-9,16-17H,10H2,1-2H3. The van der Waals surface area contributed by atoms with Crippen LogP contribution in [0.15, 0.2) is 47.4 Å². The quantitative estimate of drug-likeness (QED) is 0.888. The number of ether oxygens (including phenoxy) is 1. The zero-order valence-corrected chi connectivity index (χ0v) is 12.6. The van der Waals surface area contributed by atoms with Crippen LogP contribution in [0.25, 0.3) is 0 Å².